The zero-order valence-electron chi connectivity index (χ0n) is 11.8. The Hall–Kier alpha value is -1.94. The molecule has 1 unspecified atom stereocenters. The van der Waals surface area contributed by atoms with Crippen molar-refractivity contribution in [1.29, 1.82) is 0 Å². The third-order valence-electron chi connectivity index (χ3n) is 3.78. The Bertz CT molecular complexity index is 664. The zero-order valence-corrected chi connectivity index (χ0v) is 11.8. The topological polar surface area (TPSA) is 20.2 Å². The summed E-state index contributed by atoms with van der Waals surface area (Å²) < 4.78 is 127. The molecular formula is C14H8F10O. The fourth-order valence-electron chi connectivity index (χ4n) is 2.36. The van der Waals surface area contributed by atoms with E-state index < -0.39 is 59.0 Å². The van der Waals surface area contributed by atoms with Crippen LogP contribution in [0.5, 0.6) is 0 Å². The molecular weight excluding hydrogens is 374 g/mol. The van der Waals surface area contributed by atoms with Gasteiger partial charge in [-0.3, -0.25) is 0 Å². The van der Waals surface area contributed by atoms with Crippen molar-refractivity contribution < 1.29 is 49.0 Å². The van der Waals surface area contributed by atoms with Gasteiger partial charge in [0.2, 0.25) is 0 Å². The number of hydrogen-bond donors (Lipinski definition) is 1. The van der Waals surface area contributed by atoms with Gasteiger partial charge in [0, 0.05) is 11.5 Å². The molecule has 1 fully saturated rings. The van der Waals surface area contributed by atoms with Crippen LogP contribution in [0.2, 0.25) is 0 Å². The molecule has 0 bridgehead atoms. The van der Waals surface area contributed by atoms with Gasteiger partial charge in [0.05, 0.1) is 5.56 Å². The van der Waals surface area contributed by atoms with E-state index in [1.807, 2.05) is 0 Å². The lowest BCUT2D eigenvalue weighted by atomic mass is 9.97. The minimum Gasteiger partial charge on any atom is -0.507 e. The monoisotopic (exact) mass is 382 g/mol. The van der Waals surface area contributed by atoms with Gasteiger partial charge in [0.25, 0.3) is 0 Å². The molecule has 1 aliphatic rings. The second kappa shape index (κ2) is 5.53. The van der Waals surface area contributed by atoms with Gasteiger partial charge in [-0.05, 0) is 24.1 Å². The summed E-state index contributed by atoms with van der Waals surface area (Å²) in [6, 6.07) is 2.31. The number of aliphatic hydroxyl groups is 1. The van der Waals surface area contributed by atoms with E-state index in [2.05, 4.69) is 0 Å². The number of alkyl halides is 10. The molecule has 0 aliphatic heterocycles. The van der Waals surface area contributed by atoms with Crippen LogP contribution in [0.15, 0.2) is 29.8 Å². The van der Waals surface area contributed by atoms with Crippen LogP contribution in [-0.2, 0) is 6.18 Å². The lowest BCUT2D eigenvalue weighted by Gasteiger charge is -2.29. The molecule has 1 nitrogen and oxygen atoms in total. The molecule has 140 valence electrons. The highest BCUT2D eigenvalue weighted by atomic mass is 19.4. The Labute approximate surface area is 133 Å². The first-order chi connectivity index (χ1) is 11.1. The van der Waals surface area contributed by atoms with Gasteiger partial charge in [-0.2, -0.15) is 39.5 Å². The van der Waals surface area contributed by atoms with E-state index in [-0.39, 0.29) is 0 Å². The van der Waals surface area contributed by atoms with Gasteiger partial charge in [0.15, 0.2) is 0 Å². The molecule has 0 aromatic heterocycles. The fourth-order valence-corrected chi connectivity index (χ4v) is 2.36. The molecule has 0 saturated heterocycles. The Morgan fingerprint density at radius 1 is 0.800 bits per heavy atom. The number of rotatable bonds is 2. The minimum absolute atomic E-state index is 0.447. The van der Waals surface area contributed by atoms with Crippen molar-refractivity contribution in [3.8, 4) is 0 Å². The average Bonchev–Trinajstić information content (AvgIpc) is 3.23. The molecule has 0 radical (unpaired) electrons. The average molecular weight is 382 g/mol. The predicted molar refractivity (Wildman–Crippen MR) is 65.0 cm³/mol. The van der Waals surface area contributed by atoms with Crippen molar-refractivity contribution >= 4 is 5.76 Å². The molecule has 1 atom stereocenters. The summed E-state index contributed by atoms with van der Waals surface area (Å²) in [5.74, 6) is -3.79. The van der Waals surface area contributed by atoms with Crippen LogP contribution in [0.25, 0.3) is 5.76 Å². The summed E-state index contributed by atoms with van der Waals surface area (Å²) in [7, 11) is 0. The van der Waals surface area contributed by atoms with E-state index >= 15 is 0 Å². The second-order valence-electron chi connectivity index (χ2n) is 5.41. The standard InChI is InChI=1S/C14H8F10O/c15-11(13(19,20)21,14(22,23)24)9-5-8(9)10(25)6-1-3-7(4-2-6)12(16,17)18/h1-4,9,25H,5H2/b10-8-. The molecule has 1 aliphatic carbocycles. The number of aliphatic hydroxyl groups excluding tert-OH is 1. The van der Waals surface area contributed by atoms with Gasteiger partial charge in [-0.1, -0.05) is 12.1 Å². The van der Waals surface area contributed by atoms with Gasteiger partial charge in [-0.25, -0.2) is 4.39 Å². The third kappa shape index (κ3) is 3.28. The van der Waals surface area contributed by atoms with Gasteiger partial charge < -0.3 is 5.11 Å². The summed E-state index contributed by atoms with van der Waals surface area (Å²) in [6.07, 6.45) is -18.3. The lowest BCUT2D eigenvalue weighted by molar-refractivity contribution is -0.347. The van der Waals surface area contributed by atoms with Crippen LogP contribution in [0.3, 0.4) is 0 Å². The first-order valence-electron chi connectivity index (χ1n) is 6.52. The number of benzene rings is 1. The van der Waals surface area contributed by atoms with Crippen molar-refractivity contribution in [2.45, 2.75) is 30.6 Å². The van der Waals surface area contributed by atoms with Crippen LogP contribution >= 0.6 is 0 Å². The number of allylic oxidation sites excluding steroid dienone is 1. The van der Waals surface area contributed by atoms with E-state index in [0.29, 0.717) is 24.3 Å². The SMILES string of the molecule is O/C(=C1/CC1C(F)(C(F)(F)F)C(F)(F)F)c1ccc(C(F)(F)F)cc1. The van der Waals surface area contributed by atoms with Gasteiger partial charge in [-0.15, -0.1) is 0 Å². The van der Waals surface area contributed by atoms with E-state index in [4.69, 9.17) is 0 Å². The summed E-state index contributed by atoms with van der Waals surface area (Å²) >= 11 is 0. The maximum Gasteiger partial charge on any atom is 0.432 e. The number of halogens is 10. The fraction of sp³-hybridized carbons (Fsp3) is 0.429. The zero-order chi connectivity index (χ0) is 19.4. The highest BCUT2D eigenvalue weighted by Crippen LogP contribution is 2.62. The highest BCUT2D eigenvalue weighted by molar-refractivity contribution is 5.67. The van der Waals surface area contributed by atoms with Gasteiger partial charge in [0.1, 0.15) is 5.76 Å². The van der Waals surface area contributed by atoms with Crippen LogP contribution in [-0.4, -0.2) is 23.1 Å². The lowest BCUT2D eigenvalue weighted by Crippen LogP contribution is -2.55. The minimum atomic E-state index is -6.27. The molecule has 1 N–H and O–H groups in total. The molecule has 1 aromatic rings. The molecule has 0 spiro atoms. The molecule has 0 amide bonds. The number of hydrogen-bond acceptors (Lipinski definition) is 1. The van der Waals surface area contributed by atoms with Crippen molar-refractivity contribution in [2.75, 3.05) is 0 Å². The maximum atomic E-state index is 13.8. The normalized spacial score (nSPS) is 21.3. The molecule has 0 heterocycles. The van der Waals surface area contributed by atoms with Crippen LogP contribution in [0.1, 0.15) is 17.5 Å². The summed E-state index contributed by atoms with van der Waals surface area (Å²) in [4.78, 5) is 0. The highest BCUT2D eigenvalue weighted by Gasteiger charge is 2.79. The van der Waals surface area contributed by atoms with Crippen LogP contribution in [0, 0.1) is 5.92 Å². The maximum absolute atomic E-state index is 13.8. The Balaban J connectivity index is 2.37. The van der Waals surface area contributed by atoms with Crippen molar-refractivity contribution in [3.05, 3.63) is 41.0 Å². The van der Waals surface area contributed by atoms with E-state index in [1.165, 1.54) is 0 Å². The first-order valence-corrected chi connectivity index (χ1v) is 6.52. The molecule has 1 aromatic carbocycles. The van der Waals surface area contributed by atoms with E-state index in [0.717, 1.165) is 0 Å². The third-order valence-corrected chi connectivity index (χ3v) is 3.78. The van der Waals surface area contributed by atoms with Crippen molar-refractivity contribution in [3.63, 3.8) is 0 Å². The molecule has 1 saturated carbocycles. The molecule has 2 rings (SSSR count). The van der Waals surface area contributed by atoms with E-state index in [9.17, 15) is 49.0 Å². The Kier molecular flexibility index (Phi) is 4.29. The summed E-state index contributed by atoms with van der Waals surface area (Å²) in [5.41, 5.74) is -7.99. The van der Waals surface area contributed by atoms with E-state index in [1.54, 1.807) is 0 Å². The summed E-state index contributed by atoms with van der Waals surface area (Å²) in [6.45, 7) is 0. The molecule has 25 heavy (non-hydrogen) atoms. The Morgan fingerprint density at radius 2 is 1.24 bits per heavy atom. The van der Waals surface area contributed by atoms with Gasteiger partial charge >= 0.3 is 24.2 Å². The van der Waals surface area contributed by atoms with Crippen LogP contribution in [0.4, 0.5) is 43.9 Å². The first kappa shape index (κ1) is 19.4. The quantitative estimate of drug-likeness (QED) is 0.504. The second-order valence-corrected chi connectivity index (χ2v) is 5.41. The van der Waals surface area contributed by atoms with Crippen molar-refractivity contribution in [1.82, 2.24) is 0 Å². The molecule has 11 heteroatoms. The largest absolute Gasteiger partial charge is 0.507 e. The predicted octanol–water partition coefficient (Wildman–Crippen LogP) is 5.83. The van der Waals surface area contributed by atoms with Crippen molar-refractivity contribution in [2.24, 2.45) is 5.92 Å². The Morgan fingerprint density at radius 3 is 1.60 bits per heavy atom. The smallest absolute Gasteiger partial charge is 0.432 e. The summed E-state index contributed by atoms with van der Waals surface area (Å²) in [5, 5.41) is 9.72. The van der Waals surface area contributed by atoms with Crippen LogP contribution < -0.4 is 0 Å².